The van der Waals surface area contributed by atoms with Crippen molar-refractivity contribution >= 4 is 5.78 Å². The van der Waals surface area contributed by atoms with E-state index in [4.69, 9.17) is 4.74 Å². The molecule has 0 atom stereocenters. The number of Topliss-reactive ketones (excluding diaryl/α,β-unsaturated/α-hetero) is 1. The van der Waals surface area contributed by atoms with Crippen LogP contribution in [0.5, 0.6) is 0 Å². The van der Waals surface area contributed by atoms with Gasteiger partial charge in [0.1, 0.15) is 0 Å². The standard InChI is InChI=1S/C14H19NO3/c1-18-10-3-2-9-15-12-5-4-6-13(16)11(12)7-8-14(15)17/h7-8H,2-6,9-10H2,1H3. The minimum Gasteiger partial charge on any atom is -0.385 e. The summed E-state index contributed by atoms with van der Waals surface area (Å²) in [5, 5.41) is 0. The normalized spacial score (nSPS) is 14.6. The predicted octanol–water partition coefficient (Wildman–Crippen LogP) is 1.79. The fraction of sp³-hybridized carbons (Fsp3) is 0.571. The van der Waals surface area contributed by atoms with Crippen LogP contribution in [0.4, 0.5) is 0 Å². The molecule has 1 aromatic heterocycles. The lowest BCUT2D eigenvalue weighted by molar-refractivity contribution is 0.0970. The van der Waals surface area contributed by atoms with Crippen LogP contribution in [-0.2, 0) is 17.7 Å². The summed E-state index contributed by atoms with van der Waals surface area (Å²) >= 11 is 0. The number of unbranched alkanes of at least 4 members (excludes halogenated alkanes) is 1. The third-order valence-corrected chi connectivity index (χ3v) is 3.39. The average Bonchev–Trinajstić information content (AvgIpc) is 2.37. The van der Waals surface area contributed by atoms with Crippen molar-refractivity contribution in [2.45, 2.75) is 38.6 Å². The highest BCUT2D eigenvalue weighted by molar-refractivity contribution is 5.97. The van der Waals surface area contributed by atoms with Gasteiger partial charge < -0.3 is 9.30 Å². The SMILES string of the molecule is COCCCCn1c2c(ccc1=O)C(=O)CCC2. The van der Waals surface area contributed by atoms with Gasteiger partial charge in [-0.1, -0.05) is 0 Å². The maximum absolute atomic E-state index is 11.9. The second-order valence-corrected chi connectivity index (χ2v) is 4.66. The molecular weight excluding hydrogens is 230 g/mol. The lowest BCUT2D eigenvalue weighted by Gasteiger charge is -2.19. The van der Waals surface area contributed by atoms with E-state index in [9.17, 15) is 9.59 Å². The Hall–Kier alpha value is -1.42. The number of aromatic nitrogens is 1. The summed E-state index contributed by atoms with van der Waals surface area (Å²) in [5.74, 6) is 0.168. The van der Waals surface area contributed by atoms with Gasteiger partial charge in [-0.3, -0.25) is 9.59 Å². The molecular formula is C14H19NO3. The largest absolute Gasteiger partial charge is 0.385 e. The van der Waals surface area contributed by atoms with Crippen molar-refractivity contribution < 1.29 is 9.53 Å². The van der Waals surface area contributed by atoms with Gasteiger partial charge in [-0.05, 0) is 31.7 Å². The zero-order valence-corrected chi connectivity index (χ0v) is 10.8. The summed E-state index contributed by atoms with van der Waals surface area (Å²) < 4.78 is 6.76. The molecule has 0 N–H and O–H groups in total. The quantitative estimate of drug-likeness (QED) is 0.747. The average molecular weight is 249 g/mol. The van der Waals surface area contributed by atoms with Crippen LogP contribution in [0.15, 0.2) is 16.9 Å². The number of methoxy groups -OCH3 is 1. The third-order valence-electron chi connectivity index (χ3n) is 3.39. The van der Waals surface area contributed by atoms with Crippen molar-refractivity contribution in [3.8, 4) is 0 Å². The Morgan fingerprint density at radius 3 is 2.83 bits per heavy atom. The van der Waals surface area contributed by atoms with Gasteiger partial charge in [-0.15, -0.1) is 0 Å². The van der Waals surface area contributed by atoms with Gasteiger partial charge in [-0.2, -0.15) is 0 Å². The molecule has 0 spiro atoms. The second-order valence-electron chi connectivity index (χ2n) is 4.66. The first-order valence-corrected chi connectivity index (χ1v) is 6.49. The van der Waals surface area contributed by atoms with Gasteiger partial charge in [0.25, 0.3) is 5.56 Å². The Balaban J connectivity index is 2.20. The van der Waals surface area contributed by atoms with E-state index in [1.807, 2.05) is 0 Å². The van der Waals surface area contributed by atoms with Crippen molar-refractivity contribution in [3.63, 3.8) is 0 Å². The summed E-state index contributed by atoms with van der Waals surface area (Å²) in [7, 11) is 1.68. The summed E-state index contributed by atoms with van der Waals surface area (Å²) in [5.41, 5.74) is 1.67. The molecule has 0 amide bonds. The molecule has 0 aliphatic heterocycles. The van der Waals surface area contributed by atoms with Crippen LogP contribution in [0.3, 0.4) is 0 Å². The molecule has 0 unspecified atom stereocenters. The molecule has 4 nitrogen and oxygen atoms in total. The number of fused-ring (bicyclic) bond motifs is 1. The number of hydrogen-bond donors (Lipinski definition) is 0. The molecule has 1 aliphatic carbocycles. The summed E-state index contributed by atoms with van der Waals surface area (Å²) in [6.07, 6.45) is 4.13. The van der Waals surface area contributed by atoms with Crippen molar-refractivity contribution in [3.05, 3.63) is 33.7 Å². The lowest BCUT2D eigenvalue weighted by atomic mass is 9.94. The number of rotatable bonds is 5. The first kappa shape index (κ1) is 13.0. The zero-order valence-electron chi connectivity index (χ0n) is 10.8. The fourth-order valence-corrected chi connectivity index (χ4v) is 2.46. The summed E-state index contributed by atoms with van der Waals surface area (Å²) in [4.78, 5) is 23.7. The predicted molar refractivity (Wildman–Crippen MR) is 69.1 cm³/mol. The monoisotopic (exact) mass is 249 g/mol. The van der Waals surface area contributed by atoms with E-state index < -0.39 is 0 Å². The van der Waals surface area contributed by atoms with Crippen LogP contribution in [0.1, 0.15) is 41.7 Å². The number of ether oxygens (including phenoxy) is 1. The van der Waals surface area contributed by atoms with Crippen LogP contribution in [0.2, 0.25) is 0 Å². The molecule has 1 heterocycles. The smallest absolute Gasteiger partial charge is 0.250 e. The molecule has 98 valence electrons. The number of pyridine rings is 1. The number of hydrogen-bond acceptors (Lipinski definition) is 3. The van der Waals surface area contributed by atoms with Gasteiger partial charge in [-0.25, -0.2) is 0 Å². The van der Waals surface area contributed by atoms with E-state index in [1.165, 1.54) is 6.07 Å². The van der Waals surface area contributed by atoms with Crippen LogP contribution in [0.25, 0.3) is 0 Å². The molecule has 0 aromatic carbocycles. The molecule has 0 fully saturated rings. The molecule has 1 aliphatic rings. The Kier molecular flexibility index (Phi) is 4.31. The van der Waals surface area contributed by atoms with E-state index in [0.29, 0.717) is 19.6 Å². The Bertz CT molecular complexity index is 490. The Labute approximate surface area is 107 Å². The molecule has 18 heavy (non-hydrogen) atoms. The summed E-state index contributed by atoms with van der Waals surface area (Å²) in [6.45, 7) is 1.39. The fourth-order valence-electron chi connectivity index (χ4n) is 2.46. The number of carbonyl (C=O) groups is 1. The molecule has 1 aromatic rings. The molecule has 2 rings (SSSR count). The van der Waals surface area contributed by atoms with Gasteiger partial charge >= 0.3 is 0 Å². The highest BCUT2D eigenvalue weighted by Crippen LogP contribution is 2.19. The van der Waals surface area contributed by atoms with Crippen molar-refractivity contribution in [2.75, 3.05) is 13.7 Å². The first-order valence-electron chi connectivity index (χ1n) is 6.49. The number of nitrogens with zero attached hydrogens (tertiary/aromatic N) is 1. The third kappa shape index (κ3) is 2.70. The van der Waals surface area contributed by atoms with Gasteiger partial charge in [0.15, 0.2) is 5.78 Å². The minimum absolute atomic E-state index is 0.000803. The van der Waals surface area contributed by atoms with E-state index >= 15 is 0 Å². The van der Waals surface area contributed by atoms with E-state index in [0.717, 1.165) is 36.9 Å². The minimum atomic E-state index is 0.000803. The second kappa shape index (κ2) is 5.96. The Morgan fingerprint density at radius 1 is 1.22 bits per heavy atom. The maximum atomic E-state index is 11.9. The van der Waals surface area contributed by atoms with Gasteiger partial charge in [0, 0.05) is 44.0 Å². The van der Waals surface area contributed by atoms with Crippen molar-refractivity contribution in [1.82, 2.24) is 4.57 Å². The van der Waals surface area contributed by atoms with Crippen LogP contribution >= 0.6 is 0 Å². The maximum Gasteiger partial charge on any atom is 0.250 e. The molecule has 0 bridgehead atoms. The Morgan fingerprint density at radius 2 is 2.06 bits per heavy atom. The number of carbonyl (C=O) groups excluding carboxylic acids is 1. The molecule has 0 saturated carbocycles. The lowest BCUT2D eigenvalue weighted by Crippen LogP contribution is -2.28. The van der Waals surface area contributed by atoms with Crippen LogP contribution in [-0.4, -0.2) is 24.1 Å². The van der Waals surface area contributed by atoms with Gasteiger partial charge in [0.2, 0.25) is 0 Å². The van der Waals surface area contributed by atoms with Crippen LogP contribution < -0.4 is 5.56 Å². The molecule has 0 radical (unpaired) electrons. The highest BCUT2D eigenvalue weighted by Gasteiger charge is 2.20. The molecule has 4 heteroatoms. The zero-order chi connectivity index (χ0) is 13.0. The van der Waals surface area contributed by atoms with E-state index in [-0.39, 0.29) is 11.3 Å². The topological polar surface area (TPSA) is 48.3 Å². The van der Waals surface area contributed by atoms with E-state index in [1.54, 1.807) is 17.7 Å². The number of ketones is 1. The first-order chi connectivity index (χ1) is 8.74. The van der Waals surface area contributed by atoms with Crippen molar-refractivity contribution in [2.24, 2.45) is 0 Å². The summed E-state index contributed by atoms with van der Waals surface area (Å²) in [6, 6.07) is 3.20. The van der Waals surface area contributed by atoms with Gasteiger partial charge in [0.05, 0.1) is 0 Å². The van der Waals surface area contributed by atoms with Crippen molar-refractivity contribution in [1.29, 1.82) is 0 Å². The highest BCUT2D eigenvalue weighted by atomic mass is 16.5. The molecule has 0 saturated heterocycles. The van der Waals surface area contributed by atoms with Crippen LogP contribution in [0, 0.1) is 0 Å². The van der Waals surface area contributed by atoms with E-state index in [2.05, 4.69) is 0 Å².